The van der Waals surface area contributed by atoms with E-state index in [-0.39, 0.29) is 6.10 Å². The molecule has 1 saturated carbocycles. The topological polar surface area (TPSA) is 35.5 Å². The fraction of sp³-hybridized carbons (Fsp3) is 0.462. The third-order valence-electron chi connectivity index (χ3n) is 2.97. The van der Waals surface area contributed by atoms with Gasteiger partial charge in [0.25, 0.3) is 0 Å². The van der Waals surface area contributed by atoms with Gasteiger partial charge in [-0.05, 0) is 53.7 Å². The fourth-order valence-corrected chi connectivity index (χ4v) is 2.65. The van der Waals surface area contributed by atoms with Crippen LogP contribution < -0.4 is 9.47 Å². The van der Waals surface area contributed by atoms with Crippen molar-refractivity contribution in [2.24, 2.45) is 0 Å². The summed E-state index contributed by atoms with van der Waals surface area (Å²) >= 11 is 3.42. The van der Waals surface area contributed by atoms with E-state index in [4.69, 9.17) is 9.47 Å². The lowest BCUT2D eigenvalue weighted by atomic mass is 10.2. The van der Waals surface area contributed by atoms with Gasteiger partial charge in [-0.3, -0.25) is 4.79 Å². The average Bonchev–Trinajstić information content (AvgIpc) is 2.84. The molecule has 0 radical (unpaired) electrons. The second-order valence-corrected chi connectivity index (χ2v) is 5.03. The van der Waals surface area contributed by atoms with Crippen LogP contribution in [-0.4, -0.2) is 19.5 Å². The number of carbonyl (C=O) groups is 1. The lowest BCUT2D eigenvalue weighted by Gasteiger charge is -2.17. The number of methoxy groups -OCH3 is 1. The van der Waals surface area contributed by atoms with Crippen molar-refractivity contribution in [1.29, 1.82) is 0 Å². The van der Waals surface area contributed by atoms with E-state index < -0.39 is 0 Å². The minimum atomic E-state index is 0.266. The van der Waals surface area contributed by atoms with Crippen LogP contribution in [-0.2, 0) is 0 Å². The first kappa shape index (κ1) is 12.4. The van der Waals surface area contributed by atoms with Crippen molar-refractivity contribution in [2.45, 2.75) is 31.8 Å². The molecule has 0 atom stereocenters. The van der Waals surface area contributed by atoms with Crippen molar-refractivity contribution in [1.82, 2.24) is 0 Å². The van der Waals surface area contributed by atoms with Crippen LogP contribution >= 0.6 is 15.9 Å². The third kappa shape index (κ3) is 2.80. The zero-order valence-electron chi connectivity index (χ0n) is 9.74. The Balaban J connectivity index is 2.27. The highest BCUT2D eigenvalue weighted by molar-refractivity contribution is 9.10. The van der Waals surface area contributed by atoms with Gasteiger partial charge in [-0.1, -0.05) is 0 Å². The Bertz CT molecular complexity index is 411. The lowest BCUT2D eigenvalue weighted by molar-refractivity contribution is 0.112. The number of ether oxygens (including phenoxy) is 2. The van der Waals surface area contributed by atoms with E-state index in [1.807, 2.05) is 0 Å². The summed E-state index contributed by atoms with van der Waals surface area (Å²) in [6.07, 6.45) is 5.68. The molecule has 92 valence electrons. The smallest absolute Gasteiger partial charge is 0.175 e. The van der Waals surface area contributed by atoms with Crippen molar-refractivity contribution in [3.8, 4) is 11.5 Å². The number of hydrogen-bond acceptors (Lipinski definition) is 3. The van der Waals surface area contributed by atoms with E-state index >= 15 is 0 Å². The minimum absolute atomic E-state index is 0.266. The molecule has 0 spiro atoms. The quantitative estimate of drug-likeness (QED) is 0.797. The van der Waals surface area contributed by atoms with Gasteiger partial charge in [0.15, 0.2) is 11.5 Å². The first-order valence-corrected chi connectivity index (χ1v) is 6.53. The average molecular weight is 299 g/mol. The second kappa shape index (κ2) is 5.54. The summed E-state index contributed by atoms with van der Waals surface area (Å²) in [6, 6.07) is 3.45. The van der Waals surface area contributed by atoms with Crippen LogP contribution in [0.2, 0.25) is 0 Å². The van der Waals surface area contributed by atoms with Gasteiger partial charge in [0.1, 0.15) is 6.29 Å². The summed E-state index contributed by atoms with van der Waals surface area (Å²) in [7, 11) is 1.58. The van der Waals surface area contributed by atoms with Gasteiger partial charge >= 0.3 is 0 Å². The van der Waals surface area contributed by atoms with Crippen molar-refractivity contribution in [3.63, 3.8) is 0 Å². The van der Waals surface area contributed by atoms with Crippen LogP contribution in [0.4, 0.5) is 0 Å². The Kier molecular flexibility index (Phi) is 4.05. The molecule has 3 nitrogen and oxygen atoms in total. The fourth-order valence-electron chi connectivity index (χ4n) is 2.10. The molecule has 1 fully saturated rings. The highest BCUT2D eigenvalue weighted by Gasteiger charge is 2.20. The molecule has 0 heterocycles. The van der Waals surface area contributed by atoms with E-state index in [0.29, 0.717) is 17.1 Å². The first-order chi connectivity index (χ1) is 8.24. The number of aldehydes is 1. The predicted molar refractivity (Wildman–Crippen MR) is 69.0 cm³/mol. The van der Waals surface area contributed by atoms with Crippen molar-refractivity contribution in [3.05, 3.63) is 22.2 Å². The number of halogens is 1. The largest absolute Gasteiger partial charge is 0.493 e. The molecule has 1 aromatic rings. The Morgan fingerprint density at radius 1 is 1.35 bits per heavy atom. The highest BCUT2D eigenvalue weighted by atomic mass is 79.9. The Morgan fingerprint density at radius 2 is 2.06 bits per heavy atom. The molecule has 1 aliphatic carbocycles. The van der Waals surface area contributed by atoms with Gasteiger partial charge < -0.3 is 9.47 Å². The van der Waals surface area contributed by atoms with Gasteiger partial charge in [0, 0.05) is 5.56 Å². The van der Waals surface area contributed by atoms with Crippen LogP contribution in [0, 0.1) is 0 Å². The Morgan fingerprint density at radius 3 is 2.65 bits per heavy atom. The number of benzene rings is 1. The zero-order chi connectivity index (χ0) is 12.3. The van der Waals surface area contributed by atoms with E-state index in [0.717, 1.165) is 23.6 Å². The standard InChI is InChI=1S/C13H15BrO3/c1-16-12-7-9(8-15)6-11(14)13(12)17-10-4-2-3-5-10/h6-8,10H,2-5H2,1H3. The van der Waals surface area contributed by atoms with Crippen LogP contribution in [0.15, 0.2) is 16.6 Å². The van der Waals surface area contributed by atoms with Crippen molar-refractivity contribution >= 4 is 22.2 Å². The Hall–Kier alpha value is -1.03. The van der Waals surface area contributed by atoms with E-state index in [2.05, 4.69) is 15.9 Å². The molecule has 0 aliphatic heterocycles. The van der Waals surface area contributed by atoms with Gasteiger partial charge in [0.2, 0.25) is 0 Å². The maximum absolute atomic E-state index is 10.8. The molecular weight excluding hydrogens is 284 g/mol. The molecule has 0 bridgehead atoms. The number of carbonyl (C=O) groups excluding carboxylic acids is 1. The van der Waals surface area contributed by atoms with E-state index in [9.17, 15) is 4.79 Å². The first-order valence-electron chi connectivity index (χ1n) is 5.74. The molecular formula is C13H15BrO3. The molecule has 1 aliphatic rings. The monoisotopic (exact) mass is 298 g/mol. The maximum atomic E-state index is 10.8. The van der Waals surface area contributed by atoms with Crippen molar-refractivity contribution < 1.29 is 14.3 Å². The summed E-state index contributed by atoms with van der Waals surface area (Å²) in [5.74, 6) is 1.30. The predicted octanol–water partition coefficient (Wildman–Crippen LogP) is 3.59. The highest BCUT2D eigenvalue weighted by Crippen LogP contribution is 2.38. The SMILES string of the molecule is COc1cc(C=O)cc(Br)c1OC1CCCC1. The van der Waals surface area contributed by atoms with Gasteiger partial charge in [-0.15, -0.1) is 0 Å². The summed E-state index contributed by atoms with van der Waals surface area (Å²) in [5.41, 5.74) is 0.576. The molecule has 0 saturated heterocycles. The summed E-state index contributed by atoms with van der Waals surface area (Å²) in [5, 5.41) is 0. The van der Waals surface area contributed by atoms with Gasteiger partial charge in [-0.25, -0.2) is 0 Å². The molecule has 4 heteroatoms. The number of rotatable bonds is 4. The lowest BCUT2D eigenvalue weighted by Crippen LogP contribution is -2.12. The Labute approximate surface area is 109 Å². The number of hydrogen-bond donors (Lipinski definition) is 0. The molecule has 0 amide bonds. The van der Waals surface area contributed by atoms with Crippen LogP contribution in [0.1, 0.15) is 36.0 Å². The van der Waals surface area contributed by atoms with Crippen LogP contribution in [0.5, 0.6) is 11.5 Å². The van der Waals surface area contributed by atoms with Gasteiger partial charge in [0.05, 0.1) is 17.7 Å². The van der Waals surface area contributed by atoms with Crippen molar-refractivity contribution in [2.75, 3.05) is 7.11 Å². The van der Waals surface area contributed by atoms with Crippen LogP contribution in [0.3, 0.4) is 0 Å². The zero-order valence-corrected chi connectivity index (χ0v) is 11.3. The molecule has 1 aromatic carbocycles. The van der Waals surface area contributed by atoms with E-state index in [1.54, 1.807) is 19.2 Å². The molecule has 0 unspecified atom stereocenters. The summed E-state index contributed by atoms with van der Waals surface area (Å²) in [6.45, 7) is 0. The summed E-state index contributed by atoms with van der Waals surface area (Å²) < 4.78 is 12.0. The third-order valence-corrected chi connectivity index (χ3v) is 3.56. The molecule has 17 heavy (non-hydrogen) atoms. The summed E-state index contributed by atoms with van der Waals surface area (Å²) in [4.78, 5) is 10.8. The van der Waals surface area contributed by atoms with Crippen LogP contribution in [0.25, 0.3) is 0 Å². The molecule has 0 aromatic heterocycles. The normalized spacial score (nSPS) is 15.9. The van der Waals surface area contributed by atoms with Gasteiger partial charge in [-0.2, -0.15) is 0 Å². The molecule has 2 rings (SSSR count). The minimum Gasteiger partial charge on any atom is -0.493 e. The molecule has 0 N–H and O–H groups in total. The maximum Gasteiger partial charge on any atom is 0.175 e. The van der Waals surface area contributed by atoms with E-state index in [1.165, 1.54) is 12.8 Å². The second-order valence-electron chi connectivity index (χ2n) is 4.18.